The van der Waals surface area contributed by atoms with Crippen LogP contribution in [0.2, 0.25) is 0 Å². The number of amides is 1. The monoisotopic (exact) mass is 289 g/mol. The van der Waals surface area contributed by atoms with Gasteiger partial charge in [0, 0.05) is 38.9 Å². The minimum absolute atomic E-state index is 0. The van der Waals surface area contributed by atoms with E-state index < -0.39 is 0 Å². The van der Waals surface area contributed by atoms with Crippen molar-refractivity contribution in [2.24, 2.45) is 0 Å². The molecular weight excluding hydrogens is 273 g/mol. The highest BCUT2D eigenvalue weighted by Crippen LogP contribution is 2.07. The van der Waals surface area contributed by atoms with Crippen molar-refractivity contribution in [1.82, 2.24) is 14.8 Å². The van der Waals surface area contributed by atoms with Gasteiger partial charge in [-0.1, -0.05) is 6.07 Å². The minimum Gasteiger partial charge on any atom is -0.339 e. The number of carbonyl (C=O) groups excluding carboxylic acids is 1. The third-order valence-corrected chi connectivity index (χ3v) is 3.18. The molecule has 1 aromatic rings. The summed E-state index contributed by atoms with van der Waals surface area (Å²) in [5.41, 5.74) is 1.07. The second-order valence-corrected chi connectivity index (χ2v) is 4.38. The quantitative estimate of drug-likeness (QED) is 0.789. The van der Waals surface area contributed by atoms with Crippen LogP contribution in [0.15, 0.2) is 24.4 Å². The van der Waals surface area contributed by atoms with Gasteiger partial charge in [-0.2, -0.15) is 0 Å². The molecule has 0 atom stereocenters. The zero-order chi connectivity index (χ0) is 12.1. The van der Waals surface area contributed by atoms with Crippen LogP contribution in [0.1, 0.15) is 5.69 Å². The molecule has 1 aromatic heterocycles. The van der Waals surface area contributed by atoms with Crippen LogP contribution in [-0.4, -0.2) is 52.8 Å². The second kappa shape index (κ2) is 7.56. The first-order valence-electron chi connectivity index (χ1n) is 5.75. The number of hydrogen-bond acceptors (Lipinski definition) is 3. The Morgan fingerprint density at radius 3 is 2.56 bits per heavy atom. The number of pyridine rings is 1. The molecule has 0 aromatic carbocycles. The van der Waals surface area contributed by atoms with E-state index in [1.165, 1.54) is 0 Å². The molecular formula is C12H17Cl2N3O. The van der Waals surface area contributed by atoms with Crippen molar-refractivity contribution >= 4 is 29.9 Å². The standard InChI is InChI=1S/C12H16ClN3O.ClH/c13-9-12(17)16-7-5-15(6-8-16)10-11-3-1-2-4-14-11;/h1-4H,5-10H2;1H. The van der Waals surface area contributed by atoms with Gasteiger partial charge < -0.3 is 4.90 Å². The largest absolute Gasteiger partial charge is 0.339 e. The zero-order valence-electron chi connectivity index (χ0n) is 10.1. The zero-order valence-corrected chi connectivity index (χ0v) is 11.7. The maximum atomic E-state index is 11.4. The predicted octanol–water partition coefficient (Wildman–Crippen LogP) is 1.39. The van der Waals surface area contributed by atoms with Crippen molar-refractivity contribution in [2.45, 2.75) is 6.54 Å². The van der Waals surface area contributed by atoms with Gasteiger partial charge in [-0.25, -0.2) is 0 Å². The average Bonchev–Trinajstić information content (AvgIpc) is 2.40. The molecule has 0 saturated carbocycles. The summed E-state index contributed by atoms with van der Waals surface area (Å²) in [6.07, 6.45) is 1.81. The van der Waals surface area contributed by atoms with Crippen molar-refractivity contribution in [3.63, 3.8) is 0 Å². The van der Waals surface area contributed by atoms with Crippen LogP contribution in [0.4, 0.5) is 0 Å². The van der Waals surface area contributed by atoms with E-state index in [0.29, 0.717) is 0 Å². The van der Waals surface area contributed by atoms with E-state index in [-0.39, 0.29) is 24.2 Å². The maximum Gasteiger partial charge on any atom is 0.237 e. The number of carbonyl (C=O) groups is 1. The molecule has 6 heteroatoms. The first kappa shape index (κ1) is 15.2. The Morgan fingerprint density at radius 1 is 1.28 bits per heavy atom. The van der Waals surface area contributed by atoms with Crippen molar-refractivity contribution in [2.75, 3.05) is 32.1 Å². The van der Waals surface area contributed by atoms with Crippen LogP contribution >= 0.6 is 24.0 Å². The summed E-state index contributed by atoms with van der Waals surface area (Å²) in [5, 5.41) is 0. The summed E-state index contributed by atoms with van der Waals surface area (Å²) in [6.45, 7) is 4.15. The fourth-order valence-electron chi connectivity index (χ4n) is 1.96. The Kier molecular flexibility index (Phi) is 6.39. The summed E-state index contributed by atoms with van der Waals surface area (Å²) < 4.78 is 0. The lowest BCUT2D eigenvalue weighted by molar-refractivity contribution is -0.130. The molecule has 0 aliphatic carbocycles. The lowest BCUT2D eigenvalue weighted by atomic mass is 10.2. The molecule has 1 fully saturated rings. The van der Waals surface area contributed by atoms with Gasteiger partial charge in [0.1, 0.15) is 5.88 Å². The minimum atomic E-state index is 0. The topological polar surface area (TPSA) is 36.4 Å². The predicted molar refractivity (Wildman–Crippen MR) is 74.1 cm³/mol. The Morgan fingerprint density at radius 2 is 2.00 bits per heavy atom. The van der Waals surface area contributed by atoms with E-state index in [0.717, 1.165) is 38.4 Å². The molecule has 18 heavy (non-hydrogen) atoms. The van der Waals surface area contributed by atoms with Gasteiger partial charge in [-0.15, -0.1) is 24.0 Å². The summed E-state index contributed by atoms with van der Waals surface area (Å²) in [4.78, 5) is 19.8. The highest BCUT2D eigenvalue weighted by atomic mass is 35.5. The molecule has 2 rings (SSSR count). The van der Waals surface area contributed by atoms with Crippen LogP contribution < -0.4 is 0 Å². The maximum absolute atomic E-state index is 11.4. The lowest BCUT2D eigenvalue weighted by Gasteiger charge is -2.34. The SMILES string of the molecule is Cl.O=C(CCl)N1CCN(Cc2ccccn2)CC1. The molecule has 1 saturated heterocycles. The number of rotatable bonds is 3. The van der Waals surface area contributed by atoms with Crippen molar-refractivity contribution in [1.29, 1.82) is 0 Å². The molecule has 100 valence electrons. The van der Waals surface area contributed by atoms with Crippen molar-refractivity contribution in [3.8, 4) is 0 Å². The molecule has 4 nitrogen and oxygen atoms in total. The van der Waals surface area contributed by atoms with Gasteiger partial charge in [0.05, 0.1) is 5.69 Å². The highest BCUT2D eigenvalue weighted by molar-refractivity contribution is 6.27. The van der Waals surface area contributed by atoms with E-state index >= 15 is 0 Å². The Bertz CT molecular complexity index is 367. The first-order chi connectivity index (χ1) is 8.29. The molecule has 0 spiro atoms. The van der Waals surface area contributed by atoms with E-state index in [4.69, 9.17) is 11.6 Å². The van der Waals surface area contributed by atoms with Crippen LogP contribution in [0.25, 0.3) is 0 Å². The molecule has 0 unspecified atom stereocenters. The van der Waals surface area contributed by atoms with Crippen LogP contribution in [-0.2, 0) is 11.3 Å². The van der Waals surface area contributed by atoms with Gasteiger partial charge in [0.2, 0.25) is 5.91 Å². The van der Waals surface area contributed by atoms with Crippen molar-refractivity contribution in [3.05, 3.63) is 30.1 Å². The molecule has 0 bridgehead atoms. The smallest absolute Gasteiger partial charge is 0.237 e. The molecule has 1 amide bonds. The summed E-state index contributed by atoms with van der Waals surface area (Å²) in [7, 11) is 0. The van der Waals surface area contributed by atoms with E-state index in [1.54, 1.807) is 0 Å². The molecule has 0 N–H and O–H groups in total. The average molecular weight is 290 g/mol. The number of hydrogen-bond donors (Lipinski definition) is 0. The lowest BCUT2D eigenvalue weighted by Crippen LogP contribution is -2.48. The third-order valence-electron chi connectivity index (χ3n) is 2.95. The third kappa shape index (κ3) is 4.12. The van der Waals surface area contributed by atoms with Crippen LogP contribution in [0.5, 0.6) is 0 Å². The Hall–Kier alpha value is -0.840. The van der Waals surface area contributed by atoms with E-state index in [9.17, 15) is 4.79 Å². The number of halogens is 2. The van der Waals surface area contributed by atoms with Crippen LogP contribution in [0, 0.1) is 0 Å². The highest BCUT2D eigenvalue weighted by Gasteiger charge is 2.20. The Balaban J connectivity index is 0.00000162. The number of piperazine rings is 1. The van der Waals surface area contributed by atoms with Gasteiger partial charge in [-0.05, 0) is 12.1 Å². The Labute approximate surface area is 118 Å². The van der Waals surface area contributed by atoms with Gasteiger partial charge >= 0.3 is 0 Å². The van der Waals surface area contributed by atoms with Crippen LogP contribution in [0.3, 0.4) is 0 Å². The summed E-state index contributed by atoms with van der Waals surface area (Å²) >= 11 is 5.54. The first-order valence-corrected chi connectivity index (χ1v) is 6.29. The fraction of sp³-hybridized carbons (Fsp3) is 0.500. The molecule has 1 aliphatic rings. The van der Waals surface area contributed by atoms with Gasteiger partial charge in [0.15, 0.2) is 0 Å². The van der Waals surface area contributed by atoms with E-state index in [2.05, 4.69) is 9.88 Å². The second-order valence-electron chi connectivity index (χ2n) is 4.11. The number of alkyl halides is 1. The van der Waals surface area contributed by atoms with E-state index in [1.807, 2.05) is 29.3 Å². The van der Waals surface area contributed by atoms with Gasteiger partial charge in [0.25, 0.3) is 0 Å². The number of nitrogens with zero attached hydrogens (tertiary/aromatic N) is 3. The van der Waals surface area contributed by atoms with Gasteiger partial charge in [-0.3, -0.25) is 14.7 Å². The molecule has 1 aliphatic heterocycles. The van der Waals surface area contributed by atoms with Crippen molar-refractivity contribution < 1.29 is 4.79 Å². The number of aromatic nitrogens is 1. The normalized spacial score (nSPS) is 16.2. The summed E-state index contributed by atoms with van der Waals surface area (Å²) in [5.74, 6) is 0.115. The molecule has 2 heterocycles. The summed E-state index contributed by atoms with van der Waals surface area (Å²) in [6, 6.07) is 5.94. The molecule has 0 radical (unpaired) electrons. The fourth-order valence-corrected chi connectivity index (χ4v) is 2.13.